The number of hydrogen-bond donors (Lipinski definition) is 1. The minimum absolute atomic E-state index is 0.0913. The van der Waals surface area contributed by atoms with Crippen molar-refractivity contribution >= 4 is 34.1 Å². The Balaban J connectivity index is 1.19. The van der Waals surface area contributed by atoms with E-state index in [2.05, 4.69) is 24.1 Å². The number of amides is 2. The number of rotatable bonds is 3. The van der Waals surface area contributed by atoms with Gasteiger partial charge in [0.05, 0.1) is 16.0 Å². The van der Waals surface area contributed by atoms with E-state index in [-0.39, 0.29) is 28.4 Å². The molecular weight excluding hydrogens is 422 g/mol. The molecule has 2 heterocycles. The summed E-state index contributed by atoms with van der Waals surface area (Å²) in [6.45, 7) is 4.84. The molecule has 1 aliphatic heterocycles. The normalized spacial score (nSPS) is 36.9. The molecule has 7 rings (SSSR count). The Bertz CT molecular complexity index is 961. The number of likely N-dealkylation sites (tertiary alicyclic amines) is 1. The molecule has 4 saturated carbocycles. The maximum absolute atomic E-state index is 13.8. The molecule has 1 N–H and O–H groups in total. The van der Waals surface area contributed by atoms with Gasteiger partial charge in [-0.15, -0.1) is 0 Å². The third kappa shape index (κ3) is 3.34. The SMILES string of the molecule is CC1(C)CC(=O)c2sc(NC(=O)[C@@H]3CCCN3C(=O)C34CC5CC(CC(C5)C3)C4)nc2C1. The molecule has 32 heavy (non-hydrogen) atoms. The van der Waals surface area contributed by atoms with Crippen LogP contribution in [0.25, 0.3) is 0 Å². The largest absolute Gasteiger partial charge is 0.330 e. The zero-order valence-electron chi connectivity index (χ0n) is 19.1. The van der Waals surface area contributed by atoms with E-state index in [4.69, 9.17) is 0 Å². The predicted molar refractivity (Wildman–Crippen MR) is 123 cm³/mol. The summed E-state index contributed by atoms with van der Waals surface area (Å²) in [5, 5.41) is 3.47. The van der Waals surface area contributed by atoms with E-state index in [1.807, 2.05) is 4.90 Å². The number of fused-ring (bicyclic) bond motifs is 1. The second kappa shape index (κ2) is 7.12. The summed E-state index contributed by atoms with van der Waals surface area (Å²) in [6, 6.07) is -0.413. The molecule has 6 aliphatic rings. The molecule has 6 nitrogen and oxygen atoms in total. The number of nitrogens with one attached hydrogen (secondary N) is 1. The summed E-state index contributed by atoms with van der Waals surface area (Å²) in [6.07, 6.45) is 9.85. The maximum Gasteiger partial charge on any atom is 0.248 e. The first kappa shape index (κ1) is 20.8. The number of anilines is 1. The topological polar surface area (TPSA) is 79.4 Å². The van der Waals surface area contributed by atoms with Crippen molar-refractivity contribution in [2.45, 2.75) is 84.1 Å². The van der Waals surface area contributed by atoms with Gasteiger partial charge in [0.1, 0.15) is 6.04 Å². The number of carbonyl (C=O) groups excluding carboxylic acids is 3. The van der Waals surface area contributed by atoms with Crippen LogP contribution in [0.2, 0.25) is 0 Å². The molecule has 5 aliphatic carbocycles. The van der Waals surface area contributed by atoms with Crippen molar-refractivity contribution in [2.75, 3.05) is 11.9 Å². The summed E-state index contributed by atoms with van der Waals surface area (Å²) in [5.41, 5.74) is 0.501. The fraction of sp³-hybridized carbons (Fsp3) is 0.760. The van der Waals surface area contributed by atoms with Gasteiger partial charge in [0.2, 0.25) is 11.8 Å². The number of nitrogens with zero attached hydrogens (tertiary/aromatic N) is 2. The van der Waals surface area contributed by atoms with Crippen LogP contribution in [0, 0.1) is 28.6 Å². The van der Waals surface area contributed by atoms with Crippen molar-refractivity contribution in [3.63, 3.8) is 0 Å². The lowest BCUT2D eigenvalue weighted by molar-refractivity contribution is -0.160. The molecule has 0 unspecified atom stereocenters. The third-order valence-corrected chi connectivity index (χ3v) is 9.83. The highest BCUT2D eigenvalue weighted by molar-refractivity contribution is 7.17. The molecule has 0 radical (unpaired) electrons. The second-order valence-electron chi connectivity index (χ2n) is 12.1. The van der Waals surface area contributed by atoms with E-state index in [0.717, 1.165) is 37.8 Å². The van der Waals surface area contributed by atoms with Crippen LogP contribution in [-0.2, 0) is 16.0 Å². The van der Waals surface area contributed by atoms with Crippen molar-refractivity contribution < 1.29 is 14.4 Å². The van der Waals surface area contributed by atoms with Crippen LogP contribution in [0.1, 0.15) is 87.0 Å². The van der Waals surface area contributed by atoms with Crippen LogP contribution >= 0.6 is 11.3 Å². The molecule has 7 heteroatoms. The van der Waals surface area contributed by atoms with E-state index >= 15 is 0 Å². The lowest BCUT2D eigenvalue weighted by atomic mass is 9.49. The van der Waals surface area contributed by atoms with Gasteiger partial charge in [0.15, 0.2) is 10.9 Å². The minimum atomic E-state index is -0.413. The van der Waals surface area contributed by atoms with Crippen LogP contribution < -0.4 is 5.32 Å². The van der Waals surface area contributed by atoms with Crippen LogP contribution in [0.3, 0.4) is 0 Å². The van der Waals surface area contributed by atoms with Crippen molar-refractivity contribution in [1.29, 1.82) is 0 Å². The third-order valence-electron chi connectivity index (χ3n) is 8.77. The number of carbonyl (C=O) groups is 3. The quantitative estimate of drug-likeness (QED) is 0.731. The molecular formula is C25H33N3O3S. The van der Waals surface area contributed by atoms with Crippen LogP contribution in [0.15, 0.2) is 0 Å². The van der Waals surface area contributed by atoms with Gasteiger partial charge in [-0.2, -0.15) is 0 Å². The summed E-state index contributed by atoms with van der Waals surface area (Å²) in [4.78, 5) is 46.8. The molecule has 172 valence electrons. The van der Waals surface area contributed by atoms with Crippen LogP contribution in [0.5, 0.6) is 0 Å². The zero-order valence-corrected chi connectivity index (χ0v) is 19.9. The van der Waals surface area contributed by atoms with Crippen molar-refractivity contribution in [3.05, 3.63) is 10.6 Å². The number of hydrogen-bond acceptors (Lipinski definition) is 5. The van der Waals surface area contributed by atoms with Gasteiger partial charge in [-0.25, -0.2) is 4.98 Å². The van der Waals surface area contributed by atoms with E-state index in [1.54, 1.807) is 0 Å². The van der Waals surface area contributed by atoms with Crippen molar-refractivity contribution in [1.82, 2.24) is 9.88 Å². The minimum Gasteiger partial charge on any atom is -0.330 e. The van der Waals surface area contributed by atoms with Crippen molar-refractivity contribution in [3.8, 4) is 0 Å². The first-order chi connectivity index (χ1) is 15.2. The Morgan fingerprint density at radius 3 is 2.38 bits per heavy atom. The van der Waals surface area contributed by atoms with E-state index < -0.39 is 6.04 Å². The molecule has 1 aromatic rings. The molecule has 2 amide bonds. The van der Waals surface area contributed by atoms with E-state index in [1.165, 1.54) is 30.6 Å². The first-order valence-corrected chi connectivity index (χ1v) is 13.2. The Hall–Kier alpha value is -1.76. The average molecular weight is 456 g/mol. The lowest BCUT2D eigenvalue weighted by Crippen LogP contribution is -2.56. The number of thiazole rings is 1. The van der Waals surface area contributed by atoms with Gasteiger partial charge in [0.25, 0.3) is 0 Å². The molecule has 5 fully saturated rings. The highest BCUT2D eigenvalue weighted by Crippen LogP contribution is 2.60. The Morgan fingerprint density at radius 1 is 1.06 bits per heavy atom. The Morgan fingerprint density at radius 2 is 1.72 bits per heavy atom. The maximum atomic E-state index is 13.8. The van der Waals surface area contributed by atoms with E-state index in [9.17, 15) is 14.4 Å². The van der Waals surface area contributed by atoms with Gasteiger partial charge < -0.3 is 10.2 Å². The predicted octanol–water partition coefficient (Wildman–Crippen LogP) is 4.44. The standard InChI is InChI=1S/C25H33N3O3S/c1-24(2)12-17-20(19(29)13-24)32-23(26-17)27-21(30)18-4-3-5-28(18)22(31)25-9-14-6-15(10-25)8-16(7-14)11-25/h14-16,18H,3-13H2,1-2H3,(H,26,27,30)/t14?,15?,16?,18-,25?/m0/s1. The second-order valence-corrected chi connectivity index (χ2v) is 13.1. The summed E-state index contributed by atoms with van der Waals surface area (Å²) in [7, 11) is 0. The van der Waals surface area contributed by atoms with Gasteiger partial charge in [-0.05, 0) is 81.0 Å². The summed E-state index contributed by atoms with van der Waals surface area (Å²) >= 11 is 1.29. The molecule has 4 bridgehead atoms. The monoisotopic (exact) mass is 455 g/mol. The smallest absolute Gasteiger partial charge is 0.248 e. The fourth-order valence-electron chi connectivity index (χ4n) is 7.92. The van der Waals surface area contributed by atoms with Gasteiger partial charge >= 0.3 is 0 Å². The zero-order chi connectivity index (χ0) is 22.3. The lowest BCUT2D eigenvalue weighted by Gasteiger charge is -2.56. The summed E-state index contributed by atoms with van der Waals surface area (Å²) in [5.74, 6) is 2.35. The number of Topliss-reactive ketones (excluding diaryl/α,β-unsaturated/α-hetero) is 1. The highest BCUT2D eigenvalue weighted by Gasteiger charge is 2.56. The molecule has 0 aromatic carbocycles. The highest BCUT2D eigenvalue weighted by atomic mass is 32.1. The summed E-state index contributed by atoms with van der Waals surface area (Å²) < 4.78 is 0. The van der Waals surface area contributed by atoms with Crippen LogP contribution in [-0.4, -0.2) is 40.1 Å². The molecule has 1 atom stereocenters. The van der Waals surface area contributed by atoms with Gasteiger partial charge in [0, 0.05) is 13.0 Å². The molecule has 0 spiro atoms. The molecule has 1 saturated heterocycles. The fourth-order valence-corrected chi connectivity index (χ4v) is 8.84. The molecule has 1 aromatic heterocycles. The van der Waals surface area contributed by atoms with Crippen molar-refractivity contribution in [2.24, 2.45) is 28.6 Å². The first-order valence-electron chi connectivity index (χ1n) is 12.4. The number of aromatic nitrogens is 1. The number of ketones is 1. The average Bonchev–Trinajstić information content (AvgIpc) is 3.32. The van der Waals surface area contributed by atoms with Gasteiger partial charge in [-0.3, -0.25) is 14.4 Å². The van der Waals surface area contributed by atoms with E-state index in [0.29, 0.717) is 47.1 Å². The Kier molecular flexibility index (Phi) is 4.63. The van der Waals surface area contributed by atoms with Gasteiger partial charge in [-0.1, -0.05) is 25.2 Å². The Labute approximate surface area is 193 Å². The van der Waals surface area contributed by atoms with Crippen LogP contribution in [0.4, 0.5) is 5.13 Å².